The molecule has 1 saturated heterocycles. The van der Waals surface area contributed by atoms with E-state index >= 15 is 0 Å². The van der Waals surface area contributed by atoms with Gasteiger partial charge in [-0.1, -0.05) is 6.07 Å². The fourth-order valence-corrected chi connectivity index (χ4v) is 3.16. The molecule has 0 aromatic heterocycles. The van der Waals surface area contributed by atoms with E-state index in [0.29, 0.717) is 30.9 Å². The van der Waals surface area contributed by atoms with Crippen LogP contribution in [-0.2, 0) is 10.0 Å². The summed E-state index contributed by atoms with van der Waals surface area (Å²) in [5.74, 6) is 0.763. The van der Waals surface area contributed by atoms with Crippen molar-refractivity contribution < 1.29 is 17.9 Å². The number of benzene rings is 1. The minimum Gasteiger partial charge on any atom is -0.497 e. The van der Waals surface area contributed by atoms with Gasteiger partial charge in [0.05, 0.1) is 13.4 Å². The minimum absolute atomic E-state index is 0.0389. The van der Waals surface area contributed by atoms with E-state index in [2.05, 4.69) is 4.72 Å². The zero-order valence-corrected chi connectivity index (χ0v) is 13.7. The Kier molecular flexibility index (Phi) is 5.42. The zero-order valence-electron chi connectivity index (χ0n) is 12.9. The molecule has 0 aliphatic carbocycles. The number of hydrogen-bond donors (Lipinski definition) is 1. The molecule has 1 N–H and O–H groups in total. The maximum Gasteiger partial charge on any atom is 0.253 e. The van der Waals surface area contributed by atoms with Crippen LogP contribution in [0, 0.1) is 5.92 Å². The van der Waals surface area contributed by atoms with E-state index in [9.17, 15) is 13.2 Å². The quantitative estimate of drug-likeness (QED) is 0.879. The fraction of sp³-hybridized carbons (Fsp3) is 0.533. The van der Waals surface area contributed by atoms with Crippen LogP contribution in [0.4, 0.5) is 0 Å². The summed E-state index contributed by atoms with van der Waals surface area (Å²) in [6, 6.07) is 7.08. The van der Waals surface area contributed by atoms with E-state index in [1.54, 1.807) is 36.3 Å². The van der Waals surface area contributed by atoms with Crippen molar-refractivity contribution in [2.45, 2.75) is 12.8 Å². The van der Waals surface area contributed by atoms with Gasteiger partial charge < -0.3 is 9.64 Å². The van der Waals surface area contributed by atoms with Gasteiger partial charge in [0.15, 0.2) is 0 Å². The lowest BCUT2D eigenvalue weighted by Gasteiger charge is -2.32. The van der Waals surface area contributed by atoms with E-state index < -0.39 is 10.0 Å². The summed E-state index contributed by atoms with van der Waals surface area (Å²) >= 11 is 0. The molecule has 1 aromatic rings. The predicted octanol–water partition coefficient (Wildman–Crippen LogP) is 1.10. The summed E-state index contributed by atoms with van der Waals surface area (Å²) in [5, 5.41) is 0. The second-order valence-corrected chi connectivity index (χ2v) is 7.45. The number of rotatable bonds is 5. The summed E-state index contributed by atoms with van der Waals surface area (Å²) in [4.78, 5) is 14.3. The number of hydrogen-bond acceptors (Lipinski definition) is 4. The Hall–Kier alpha value is -1.60. The van der Waals surface area contributed by atoms with E-state index in [4.69, 9.17) is 4.74 Å². The van der Waals surface area contributed by atoms with Crippen LogP contribution < -0.4 is 9.46 Å². The summed E-state index contributed by atoms with van der Waals surface area (Å²) < 4.78 is 30.0. The van der Waals surface area contributed by atoms with E-state index in [1.807, 2.05) is 0 Å². The molecule has 0 saturated carbocycles. The second-order valence-electron chi connectivity index (χ2n) is 5.61. The summed E-state index contributed by atoms with van der Waals surface area (Å²) in [7, 11) is -1.63. The van der Waals surface area contributed by atoms with Crippen molar-refractivity contribution in [1.29, 1.82) is 0 Å². The second kappa shape index (κ2) is 7.11. The van der Waals surface area contributed by atoms with Gasteiger partial charge in [0.1, 0.15) is 5.75 Å². The number of sulfonamides is 1. The van der Waals surface area contributed by atoms with E-state index in [-0.39, 0.29) is 11.8 Å². The first-order chi connectivity index (χ1) is 10.4. The number of carbonyl (C=O) groups excluding carboxylic acids is 1. The molecular formula is C15H22N2O4S. The minimum atomic E-state index is -3.19. The molecule has 7 heteroatoms. The molecular weight excluding hydrogens is 304 g/mol. The number of carbonyl (C=O) groups is 1. The van der Waals surface area contributed by atoms with Crippen LogP contribution in [0.5, 0.6) is 5.75 Å². The molecule has 0 spiro atoms. The van der Waals surface area contributed by atoms with Crippen LogP contribution in [0.25, 0.3) is 0 Å². The fourth-order valence-electron chi connectivity index (χ4n) is 2.62. The highest BCUT2D eigenvalue weighted by atomic mass is 32.2. The molecule has 22 heavy (non-hydrogen) atoms. The highest BCUT2D eigenvalue weighted by molar-refractivity contribution is 7.88. The standard InChI is InChI=1S/C15H22N2O4S/c1-21-14-7-3-6-13(9-14)15(18)17-8-4-5-12(11-17)10-16-22(2,19)20/h3,6-7,9,12,16H,4-5,8,10-11H2,1-2H3/t12-/m0/s1. The molecule has 0 bridgehead atoms. The molecule has 1 aromatic carbocycles. The van der Waals surface area contributed by atoms with Crippen molar-refractivity contribution in [3.05, 3.63) is 29.8 Å². The molecule has 1 atom stereocenters. The van der Waals surface area contributed by atoms with Crippen LogP contribution in [0.2, 0.25) is 0 Å². The van der Waals surface area contributed by atoms with Crippen LogP contribution >= 0.6 is 0 Å². The molecule has 2 rings (SSSR count). The van der Waals surface area contributed by atoms with Gasteiger partial charge in [0.2, 0.25) is 10.0 Å². The van der Waals surface area contributed by atoms with Gasteiger partial charge in [-0.2, -0.15) is 0 Å². The topological polar surface area (TPSA) is 75.7 Å². The Morgan fingerprint density at radius 1 is 1.45 bits per heavy atom. The van der Waals surface area contributed by atoms with Crippen molar-refractivity contribution in [2.24, 2.45) is 5.92 Å². The molecule has 1 amide bonds. The molecule has 1 aliphatic rings. The summed E-state index contributed by atoms with van der Waals surface area (Å²) in [6.07, 6.45) is 2.95. The van der Waals surface area contributed by atoms with Crippen LogP contribution in [0.3, 0.4) is 0 Å². The number of nitrogens with one attached hydrogen (secondary N) is 1. The van der Waals surface area contributed by atoms with Gasteiger partial charge in [0, 0.05) is 25.2 Å². The van der Waals surface area contributed by atoms with Gasteiger partial charge in [0.25, 0.3) is 5.91 Å². The van der Waals surface area contributed by atoms with Crippen LogP contribution in [0.1, 0.15) is 23.2 Å². The lowest BCUT2D eigenvalue weighted by molar-refractivity contribution is 0.0676. The molecule has 0 radical (unpaired) electrons. The number of piperidine rings is 1. The van der Waals surface area contributed by atoms with Gasteiger partial charge in [-0.25, -0.2) is 13.1 Å². The average molecular weight is 326 g/mol. The molecule has 1 fully saturated rings. The van der Waals surface area contributed by atoms with Crippen molar-refractivity contribution in [3.8, 4) is 5.75 Å². The lowest BCUT2D eigenvalue weighted by Crippen LogP contribution is -2.43. The Bertz CT molecular complexity index is 630. The Morgan fingerprint density at radius 2 is 2.23 bits per heavy atom. The first kappa shape index (κ1) is 16.8. The third-order valence-corrected chi connectivity index (χ3v) is 4.45. The van der Waals surface area contributed by atoms with Gasteiger partial charge in [-0.3, -0.25) is 4.79 Å². The maximum absolute atomic E-state index is 12.5. The van der Waals surface area contributed by atoms with Crippen molar-refractivity contribution >= 4 is 15.9 Å². The molecule has 6 nitrogen and oxygen atoms in total. The normalized spacial score (nSPS) is 19.0. The Labute approximate surface area is 131 Å². The van der Waals surface area contributed by atoms with Gasteiger partial charge >= 0.3 is 0 Å². The smallest absolute Gasteiger partial charge is 0.253 e. The van der Waals surface area contributed by atoms with Crippen molar-refractivity contribution in [2.75, 3.05) is 33.0 Å². The summed E-state index contributed by atoms with van der Waals surface area (Å²) in [6.45, 7) is 1.64. The average Bonchev–Trinajstić information content (AvgIpc) is 2.52. The molecule has 122 valence electrons. The van der Waals surface area contributed by atoms with Crippen LogP contribution in [0.15, 0.2) is 24.3 Å². The summed E-state index contributed by atoms with van der Waals surface area (Å²) in [5.41, 5.74) is 0.594. The maximum atomic E-state index is 12.5. The molecule has 0 unspecified atom stereocenters. The number of nitrogens with zero attached hydrogens (tertiary/aromatic N) is 1. The highest BCUT2D eigenvalue weighted by Gasteiger charge is 2.25. The number of amides is 1. The molecule has 1 aliphatic heterocycles. The number of likely N-dealkylation sites (tertiary alicyclic amines) is 1. The highest BCUT2D eigenvalue weighted by Crippen LogP contribution is 2.20. The largest absolute Gasteiger partial charge is 0.497 e. The SMILES string of the molecule is COc1cccc(C(=O)N2CCC[C@@H](CNS(C)(=O)=O)C2)c1. The third-order valence-electron chi connectivity index (χ3n) is 3.76. The zero-order chi connectivity index (χ0) is 16.2. The Morgan fingerprint density at radius 3 is 2.91 bits per heavy atom. The Balaban J connectivity index is 2.00. The predicted molar refractivity (Wildman–Crippen MR) is 84.5 cm³/mol. The van der Waals surface area contributed by atoms with Crippen LogP contribution in [-0.4, -0.2) is 52.2 Å². The number of methoxy groups -OCH3 is 1. The third kappa shape index (κ3) is 4.71. The van der Waals surface area contributed by atoms with Gasteiger partial charge in [-0.05, 0) is 37.0 Å². The monoisotopic (exact) mass is 326 g/mol. The van der Waals surface area contributed by atoms with Crippen molar-refractivity contribution in [1.82, 2.24) is 9.62 Å². The first-order valence-corrected chi connectivity index (χ1v) is 9.16. The molecule has 1 heterocycles. The van der Waals surface area contributed by atoms with E-state index in [0.717, 1.165) is 19.1 Å². The first-order valence-electron chi connectivity index (χ1n) is 7.27. The van der Waals surface area contributed by atoms with E-state index in [1.165, 1.54) is 0 Å². The van der Waals surface area contributed by atoms with Gasteiger partial charge in [-0.15, -0.1) is 0 Å². The lowest BCUT2D eigenvalue weighted by atomic mass is 9.97. The van der Waals surface area contributed by atoms with Crippen molar-refractivity contribution in [3.63, 3.8) is 0 Å². The number of ether oxygens (including phenoxy) is 1.